The van der Waals surface area contributed by atoms with Crippen molar-refractivity contribution in [2.75, 3.05) is 6.61 Å². The number of aldehydes is 1. The van der Waals surface area contributed by atoms with E-state index in [0.29, 0.717) is 25.2 Å². The fourth-order valence-corrected chi connectivity index (χ4v) is 1.42. The molecule has 15 heavy (non-hydrogen) atoms. The van der Waals surface area contributed by atoms with Crippen LogP contribution >= 0.6 is 0 Å². The summed E-state index contributed by atoms with van der Waals surface area (Å²) >= 11 is 0. The third-order valence-corrected chi connectivity index (χ3v) is 2.15. The van der Waals surface area contributed by atoms with Crippen molar-refractivity contribution < 1.29 is 14.6 Å². The van der Waals surface area contributed by atoms with Gasteiger partial charge in [-0.25, -0.2) is 0 Å². The Balaban J connectivity index is 2.70. The van der Waals surface area contributed by atoms with Crippen molar-refractivity contribution in [3.8, 4) is 11.5 Å². The summed E-state index contributed by atoms with van der Waals surface area (Å²) in [6.07, 6.45) is 2.87. The Bertz CT molecular complexity index is 321. The van der Waals surface area contributed by atoms with Crippen molar-refractivity contribution in [3.63, 3.8) is 0 Å². The van der Waals surface area contributed by atoms with Crippen LogP contribution in [-0.4, -0.2) is 18.0 Å². The van der Waals surface area contributed by atoms with Gasteiger partial charge in [-0.05, 0) is 31.4 Å². The number of aryl methyl sites for hydroxylation is 1. The Morgan fingerprint density at radius 3 is 2.93 bits per heavy atom. The number of benzene rings is 1. The highest BCUT2D eigenvalue weighted by molar-refractivity contribution is 5.50. The van der Waals surface area contributed by atoms with Crippen LogP contribution in [0, 0.1) is 0 Å². The Labute approximate surface area is 89.7 Å². The number of carbonyl (C=O) groups is 1. The van der Waals surface area contributed by atoms with Gasteiger partial charge >= 0.3 is 0 Å². The predicted octanol–water partition coefficient (Wildman–Crippen LogP) is 2.31. The zero-order chi connectivity index (χ0) is 11.1. The standard InChI is InChI=1S/C12H16O3/c1-2-15-11-8-5-7-10(12(11)14)6-3-4-9-13/h5,7-9,14H,2-4,6H2,1H3. The molecule has 0 saturated carbocycles. The van der Waals surface area contributed by atoms with Crippen LogP contribution in [0.1, 0.15) is 25.3 Å². The van der Waals surface area contributed by atoms with Crippen LogP contribution in [0.2, 0.25) is 0 Å². The third kappa shape index (κ3) is 3.27. The highest BCUT2D eigenvalue weighted by Gasteiger charge is 2.06. The molecule has 1 rings (SSSR count). The molecule has 0 aliphatic carbocycles. The fourth-order valence-electron chi connectivity index (χ4n) is 1.42. The van der Waals surface area contributed by atoms with Gasteiger partial charge in [0.05, 0.1) is 6.61 Å². The number of phenolic OH excluding ortho intramolecular Hbond substituents is 1. The van der Waals surface area contributed by atoms with Crippen LogP contribution in [-0.2, 0) is 11.2 Å². The van der Waals surface area contributed by atoms with Crippen molar-refractivity contribution in [2.45, 2.75) is 26.2 Å². The van der Waals surface area contributed by atoms with Crippen molar-refractivity contribution in [3.05, 3.63) is 23.8 Å². The zero-order valence-electron chi connectivity index (χ0n) is 8.90. The van der Waals surface area contributed by atoms with Gasteiger partial charge in [0.15, 0.2) is 11.5 Å². The Morgan fingerprint density at radius 1 is 1.47 bits per heavy atom. The summed E-state index contributed by atoms with van der Waals surface area (Å²) in [7, 11) is 0. The van der Waals surface area contributed by atoms with Crippen LogP contribution in [0.3, 0.4) is 0 Å². The van der Waals surface area contributed by atoms with E-state index in [1.807, 2.05) is 19.1 Å². The molecular weight excluding hydrogens is 192 g/mol. The van der Waals surface area contributed by atoms with Gasteiger partial charge in [0, 0.05) is 6.42 Å². The van der Waals surface area contributed by atoms with E-state index in [-0.39, 0.29) is 5.75 Å². The summed E-state index contributed by atoms with van der Waals surface area (Å²) in [5.74, 6) is 0.714. The third-order valence-electron chi connectivity index (χ3n) is 2.15. The van der Waals surface area contributed by atoms with E-state index in [2.05, 4.69) is 0 Å². The first-order valence-electron chi connectivity index (χ1n) is 5.17. The first kappa shape index (κ1) is 11.6. The second-order valence-electron chi connectivity index (χ2n) is 3.26. The number of para-hydroxylation sites is 1. The van der Waals surface area contributed by atoms with Crippen LogP contribution < -0.4 is 4.74 Å². The SMILES string of the molecule is CCOc1cccc(CCCC=O)c1O. The van der Waals surface area contributed by atoms with Gasteiger partial charge in [-0.1, -0.05) is 12.1 Å². The molecule has 3 heteroatoms. The van der Waals surface area contributed by atoms with E-state index in [1.165, 1.54) is 0 Å². The number of ether oxygens (including phenoxy) is 1. The lowest BCUT2D eigenvalue weighted by atomic mass is 10.1. The highest BCUT2D eigenvalue weighted by atomic mass is 16.5. The Kier molecular flexibility index (Phi) is 4.68. The van der Waals surface area contributed by atoms with E-state index < -0.39 is 0 Å². The summed E-state index contributed by atoms with van der Waals surface area (Å²) in [5.41, 5.74) is 0.836. The van der Waals surface area contributed by atoms with Crippen molar-refractivity contribution in [1.82, 2.24) is 0 Å². The second-order valence-corrected chi connectivity index (χ2v) is 3.26. The van der Waals surface area contributed by atoms with Gasteiger partial charge in [0.1, 0.15) is 6.29 Å². The molecule has 0 unspecified atom stereocenters. The van der Waals surface area contributed by atoms with E-state index in [1.54, 1.807) is 6.07 Å². The molecule has 0 spiro atoms. The number of hydrogen-bond donors (Lipinski definition) is 1. The van der Waals surface area contributed by atoms with Gasteiger partial charge in [-0.2, -0.15) is 0 Å². The molecule has 0 amide bonds. The van der Waals surface area contributed by atoms with Crippen LogP contribution in [0.15, 0.2) is 18.2 Å². The van der Waals surface area contributed by atoms with E-state index in [4.69, 9.17) is 4.74 Å². The molecule has 82 valence electrons. The maximum Gasteiger partial charge on any atom is 0.161 e. The summed E-state index contributed by atoms with van der Waals surface area (Å²) in [6.45, 7) is 2.41. The van der Waals surface area contributed by atoms with Gasteiger partial charge < -0.3 is 14.6 Å². The number of carbonyl (C=O) groups excluding carboxylic acids is 1. The molecule has 0 atom stereocenters. The minimum Gasteiger partial charge on any atom is -0.504 e. The molecular formula is C12H16O3. The molecule has 0 radical (unpaired) electrons. The highest BCUT2D eigenvalue weighted by Crippen LogP contribution is 2.30. The molecule has 3 nitrogen and oxygen atoms in total. The quantitative estimate of drug-likeness (QED) is 0.576. The Morgan fingerprint density at radius 2 is 2.27 bits per heavy atom. The average Bonchev–Trinajstić information content (AvgIpc) is 2.24. The van der Waals surface area contributed by atoms with Gasteiger partial charge in [-0.15, -0.1) is 0 Å². The molecule has 1 N–H and O–H groups in total. The van der Waals surface area contributed by atoms with Crippen LogP contribution in [0.25, 0.3) is 0 Å². The van der Waals surface area contributed by atoms with Crippen molar-refractivity contribution in [1.29, 1.82) is 0 Å². The minimum absolute atomic E-state index is 0.199. The fraction of sp³-hybridized carbons (Fsp3) is 0.417. The summed E-state index contributed by atoms with van der Waals surface area (Å²) in [6, 6.07) is 5.44. The lowest BCUT2D eigenvalue weighted by molar-refractivity contribution is -0.107. The molecule has 1 aromatic rings. The van der Waals surface area contributed by atoms with Gasteiger partial charge in [0.25, 0.3) is 0 Å². The number of hydrogen-bond acceptors (Lipinski definition) is 3. The van der Waals surface area contributed by atoms with Crippen molar-refractivity contribution in [2.24, 2.45) is 0 Å². The molecule has 0 aliphatic heterocycles. The molecule has 0 saturated heterocycles. The first-order chi connectivity index (χ1) is 7.29. The minimum atomic E-state index is 0.199. The zero-order valence-corrected chi connectivity index (χ0v) is 8.90. The molecule has 0 aromatic heterocycles. The van der Waals surface area contributed by atoms with Gasteiger partial charge in [0.2, 0.25) is 0 Å². The summed E-state index contributed by atoms with van der Waals surface area (Å²) < 4.78 is 5.26. The molecule has 0 heterocycles. The average molecular weight is 208 g/mol. The summed E-state index contributed by atoms with van der Waals surface area (Å²) in [4.78, 5) is 10.2. The number of rotatable bonds is 6. The largest absolute Gasteiger partial charge is 0.504 e. The lowest BCUT2D eigenvalue weighted by Gasteiger charge is -2.09. The van der Waals surface area contributed by atoms with Crippen LogP contribution in [0.5, 0.6) is 11.5 Å². The number of aromatic hydroxyl groups is 1. The maximum absolute atomic E-state index is 10.2. The predicted molar refractivity (Wildman–Crippen MR) is 58.3 cm³/mol. The maximum atomic E-state index is 10.2. The first-order valence-corrected chi connectivity index (χ1v) is 5.17. The lowest BCUT2D eigenvalue weighted by Crippen LogP contribution is -1.94. The normalized spacial score (nSPS) is 9.93. The van der Waals surface area contributed by atoms with Crippen molar-refractivity contribution >= 4 is 6.29 Å². The molecule has 0 bridgehead atoms. The monoisotopic (exact) mass is 208 g/mol. The summed E-state index contributed by atoms with van der Waals surface area (Å²) in [5, 5.41) is 9.81. The smallest absolute Gasteiger partial charge is 0.161 e. The van der Waals surface area contributed by atoms with Gasteiger partial charge in [-0.3, -0.25) is 0 Å². The molecule has 1 aromatic carbocycles. The second kappa shape index (κ2) is 6.06. The van der Waals surface area contributed by atoms with E-state index >= 15 is 0 Å². The number of unbranched alkanes of at least 4 members (excludes halogenated alkanes) is 1. The number of phenols is 1. The van der Waals surface area contributed by atoms with Crippen LogP contribution in [0.4, 0.5) is 0 Å². The molecule has 0 fully saturated rings. The van der Waals surface area contributed by atoms with E-state index in [9.17, 15) is 9.90 Å². The van der Waals surface area contributed by atoms with E-state index in [0.717, 1.165) is 18.3 Å². The Hall–Kier alpha value is -1.51. The molecule has 0 aliphatic rings. The topological polar surface area (TPSA) is 46.5 Å².